The first-order valence-electron chi connectivity index (χ1n) is 10.5. The van der Waals surface area contributed by atoms with Crippen molar-refractivity contribution < 1.29 is 14.3 Å². The standard InChI is InChI=1S/C24H24N6O4/c1-16(27-18-6-4-17(5-7-18)13-29-14-25-26-15-29)23-21(12-22(31)34-3)28-30(24(23)32)19-8-10-20(33-2)11-9-19/h4-11,14-15,28H,12-13H2,1-3H3. The molecule has 0 bridgehead atoms. The van der Waals surface area contributed by atoms with Gasteiger partial charge in [0.05, 0.1) is 49.0 Å². The highest BCUT2D eigenvalue weighted by Crippen LogP contribution is 2.18. The Hall–Kier alpha value is -4.47. The van der Waals surface area contributed by atoms with Gasteiger partial charge in [-0.15, -0.1) is 10.2 Å². The number of rotatable bonds is 8. The largest absolute Gasteiger partial charge is 0.497 e. The van der Waals surface area contributed by atoms with E-state index in [4.69, 9.17) is 9.47 Å². The summed E-state index contributed by atoms with van der Waals surface area (Å²) in [5.74, 6) is 0.208. The van der Waals surface area contributed by atoms with Crippen LogP contribution in [0.25, 0.3) is 5.69 Å². The first-order valence-corrected chi connectivity index (χ1v) is 10.5. The summed E-state index contributed by atoms with van der Waals surface area (Å²) in [7, 11) is 2.88. The minimum Gasteiger partial charge on any atom is -0.497 e. The van der Waals surface area contributed by atoms with Crippen molar-refractivity contribution in [2.75, 3.05) is 14.2 Å². The molecule has 0 amide bonds. The van der Waals surface area contributed by atoms with Crippen molar-refractivity contribution in [3.05, 3.63) is 88.4 Å². The van der Waals surface area contributed by atoms with Crippen molar-refractivity contribution in [2.45, 2.75) is 19.9 Å². The van der Waals surface area contributed by atoms with Crippen LogP contribution in [0.4, 0.5) is 5.69 Å². The quantitative estimate of drug-likeness (QED) is 0.319. The summed E-state index contributed by atoms with van der Waals surface area (Å²) >= 11 is 0. The van der Waals surface area contributed by atoms with Gasteiger partial charge in [0.25, 0.3) is 5.56 Å². The lowest BCUT2D eigenvalue weighted by molar-refractivity contribution is -0.139. The highest BCUT2D eigenvalue weighted by molar-refractivity contribution is 6.01. The Morgan fingerprint density at radius 2 is 1.71 bits per heavy atom. The van der Waals surface area contributed by atoms with E-state index in [0.29, 0.717) is 40.6 Å². The van der Waals surface area contributed by atoms with Gasteiger partial charge in [-0.2, -0.15) is 0 Å². The number of methoxy groups -OCH3 is 2. The molecule has 174 valence electrons. The van der Waals surface area contributed by atoms with Crippen LogP contribution in [0.3, 0.4) is 0 Å². The molecule has 0 fully saturated rings. The SMILES string of the molecule is COC(=O)Cc1[nH]n(-c2ccc(OC)cc2)c(=O)c1C(C)=Nc1ccc(Cn2cnnc2)cc1. The molecule has 0 spiro atoms. The number of aliphatic imine (C=N–C) groups is 1. The number of aromatic nitrogens is 5. The van der Waals surface area contributed by atoms with Gasteiger partial charge >= 0.3 is 5.97 Å². The number of hydrogen-bond acceptors (Lipinski definition) is 7. The van der Waals surface area contributed by atoms with Crippen molar-refractivity contribution in [3.8, 4) is 11.4 Å². The Labute approximate surface area is 195 Å². The fourth-order valence-electron chi connectivity index (χ4n) is 3.55. The van der Waals surface area contributed by atoms with E-state index in [1.165, 1.54) is 11.8 Å². The van der Waals surface area contributed by atoms with Crippen molar-refractivity contribution in [3.63, 3.8) is 0 Å². The first kappa shape index (κ1) is 22.7. The van der Waals surface area contributed by atoms with Gasteiger partial charge in [0.2, 0.25) is 0 Å². The van der Waals surface area contributed by atoms with E-state index in [1.54, 1.807) is 51.0 Å². The number of hydrogen-bond donors (Lipinski definition) is 1. The second-order valence-corrected chi connectivity index (χ2v) is 7.55. The third-order valence-electron chi connectivity index (χ3n) is 5.27. The van der Waals surface area contributed by atoms with E-state index in [-0.39, 0.29) is 12.0 Å². The molecule has 1 N–H and O–H groups in total. The minimum absolute atomic E-state index is 0.0883. The van der Waals surface area contributed by atoms with Gasteiger partial charge in [-0.25, -0.2) is 4.68 Å². The first-order chi connectivity index (χ1) is 16.5. The fourth-order valence-corrected chi connectivity index (χ4v) is 3.55. The summed E-state index contributed by atoms with van der Waals surface area (Å²) in [6.07, 6.45) is 3.21. The molecule has 0 aliphatic heterocycles. The van der Waals surface area contributed by atoms with E-state index in [2.05, 4.69) is 20.3 Å². The summed E-state index contributed by atoms with van der Waals surface area (Å²) in [5, 5.41) is 10.6. The molecular formula is C24H24N6O4. The number of H-pyrrole nitrogens is 1. The molecule has 0 unspecified atom stereocenters. The predicted octanol–water partition coefficient (Wildman–Crippen LogP) is 2.67. The fraction of sp³-hybridized carbons (Fsp3) is 0.208. The number of nitrogens with zero attached hydrogens (tertiary/aromatic N) is 5. The van der Waals surface area contributed by atoms with Gasteiger partial charge in [0.1, 0.15) is 18.4 Å². The molecule has 0 aliphatic rings. The molecule has 34 heavy (non-hydrogen) atoms. The monoisotopic (exact) mass is 460 g/mol. The molecule has 4 aromatic rings. The summed E-state index contributed by atoms with van der Waals surface area (Å²) in [6.45, 7) is 2.39. The van der Waals surface area contributed by atoms with E-state index in [1.807, 2.05) is 28.8 Å². The Balaban J connectivity index is 1.67. The number of benzene rings is 2. The maximum absolute atomic E-state index is 13.3. The minimum atomic E-state index is -0.462. The van der Waals surface area contributed by atoms with E-state index >= 15 is 0 Å². The van der Waals surface area contributed by atoms with E-state index in [0.717, 1.165) is 5.56 Å². The molecular weight excluding hydrogens is 436 g/mol. The number of ether oxygens (including phenoxy) is 2. The van der Waals surface area contributed by atoms with Gasteiger partial charge in [0.15, 0.2) is 0 Å². The normalized spacial score (nSPS) is 11.4. The van der Waals surface area contributed by atoms with Crippen molar-refractivity contribution >= 4 is 17.4 Å². The lowest BCUT2D eigenvalue weighted by Gasteiger charge is -2.04. The zero-order chi connectivity index (χ0) is 24.1. The average Bonchev–Trinajstić information content (AvgIpc) is 3.47. The maximum Gasteiger partial charge on any atom is 0.311 e. The topological polar surface area (TPSA) is 116 Å². The van der Waals surface area contributed by atoms with Crippen LogP contribution in [-0.2, 0) is 22.5 Å². The second kappa shape index (κ2) is 9.99. The molecule has 0 saturated carbocycles. The molecule has 4 rings (SSSR count). The van der Waals surface area contributed by atoms with Crippen LogP contribution >= 0.6 is 0 Å². The summed E-state index contributed by atoms with van der Waals surface area (Å²) in [5.41, 5.74) is 3.28. The molecule has 2 aromatic heterocycles. The summed E-state index contributed by atoms with van der Waals surface area (Å²) in [6, 6.07) is 14.7. The van der Waals surface area contributed by atoms with Crippen LogP contribution < -0.4 is 10.3 Å². The number of carbonyl (C=O) groups excluding carboxylic acids is 1. The average molecular weight is 460 g/mol. The van der Waals surface area contributed by atoms with Crippen LogP contribution in [0.5, 0.6) is 5.75 Å². The van der Waals surface area contributed by atoms with Gasteiger partial charge in [-0.05, 0) is 48.9 Å². The zero-order valence-corrected chi connectivity index (χ0v) is 19.1. The van der Waals surface area contributed by atoms with Crippen LogP contribution in [0.1, 0.15) is 23.7 Å². The summed E-state index contributed by atoms with van der Waals surface area (Å²) in [4.78, 5) is 30.0. The van der Waals surface area contributed by atoms with Crippen LogP contribution in [-0.4, -0.2) is 50.4 Å². The molecule has 0 atom stereocenters. The lowest BCUT2D eigenvalue weighted by Crippen LogP contribution is -2.20. The Bertz CT molecular complexity index is 1350. The predicted molar refractivity (Wildman–Crippen MR) is 126 cm³/mol. The van der Waals surface area contributed by atoms with Crippen LogP contribution in [0, 0.1) is 0 Å². The van der Waals surface area contributed by atoms with Crippen LogP contribution in [0.15, 0.2) is 71.0 Å². The number of esters is 1. The lowest BCUT2D eigenvalue weighted by atomic mass is 10.1. The molecule has 10 heteroatoms. The Kier molecular flexibility index (Phi) is 6.67. The summed E-state index contributed by atoms with van der Waals surface area (Å²) < 4.78 is 13.2. The highest BCUT2D eigenvalue weighted by Gasteiger charge is 2.20. The third kappa shape index (κ3) is 4.96. The van der Waals surface area contributed by atoms with Crippen molar-refractivity contribution in [2.24, 2.45) is 4.99 Å². The maximum atomic E-state index is 13.3. The zero-order valence-electron chi connectivity index (χ0n) is 19.1. The Morgan fingerprint density at radius 3 is 2.32 bits per heavy atom. The number of carbonyl (C=O) groups is 1. The number of nitrogens with one attached hydrogen (secondary N) is 1. The molecule has 2 heterocycles. The van der Waals surface area contributed by atoms with Crippen molar-refractivity contribution in [1.29, 1.82) is 0 Å². The molecule has 0 aliphatic carbocycles. The van der Waals surface area contributed by atoms with Gasteiger partial charge < -0.3 is 14.0 Å². The smallest absolute Gasteiger partial charge is 0.311 e. The molecule has 10 nitrogen and oxygen atoms in total. The Morgan fingerprint density at radius 1 is 1.03 bits per heavy atom. The van der Waals surface area contributed by atoms with Crippen LogP contribution in [0.2, 0.25) is 0 Å². The van der Waals surface area contributed by atoms with Gasteiger partial charge in [0, 0.05) is 6.54 Å². The molecule has 0 saturated heterocycles. The van der Waals surface area contributed by atoms with Gasteiger partial charge in [-0.3, -0.25) is 19.7 Å². The van der Waals surface area contributed by atoms with Gasteiger partial charge in [-0.1, -0.05) is 12.1 Å². The van der Waals surface area contributed by atoms with E-state index in [9.17, 15) is 9.59 Å². The highest BCUT2D eigenvalue weighted by atomic mass is 16.5. The second-order valence-electron chi connectivity index (χ2n) is 7.55. The third-order valence-corrected chi connectivity index (χ3v) is 5.27. The van der Waals surface area contributed by atoms with E-state index < -0.39 is 5.97 Å². The molecule has 0 radical (unpaired) electrons. The van der Waals surface area contributed by atoms with Crippen molar-refractivity contribution in [1.82, 2.24) is 24.5 Å². The molecule has 2 aromatic carbocycles. The number of aromatic amines is 1.